The van der Waals surface area contributed by atoms with Crippen LogP contribution in [0.3, 0.4) is 0 Å². The number of hydrogen-bond donors (Lipinski definition) is 4. The summed E-state index contributed by atoms with van der Waals surface area (Å²) in [5, 5.41) is 24.9. The van der Waals surface area contributed by atoms with Crippen molar-refractivity contribution in [3.63, 3.8) is 0 Å². The maximum Gasteiger partial charge on any atom is 0.417 e. The zero-order chi connectivity index (χ0) is 29.9. The highest BCUT2D eigenvalue weighted by atomic mass is 19.4. The van der Waals surface area contributed by atoms with Crippen molar-refractivity contribution in [1.82, 2.24) is 15.5 Å². The minimum absolute atomic E-state index is 0.112. The summed E-state index contributed by atoms with van der Waals surface area (Å²) in [4.78, 5) is 28.1. The second kappa shape index (κ2) is 12.1. The zero-order valence-electron chi connectivity index (χ0n) is 23.2. The topological polar surface area (TPSA) is 124 Å². The van der Waals surface area contributed by atoms with Crippen molar-refractivity contribution >= 4 is 17.8 Å². The summed E-state index contributed by atoms with van der Waals surface area (Å²) >= 11 is 0. The van der Waals surface area contributed by atoms with Gasteiger partial charge < -0.3 is 25.2 Å². The number of rotatable bonds is 9. The molecule has 0 radical (unpaired) electrons. The van der Waals surface area contributed by atoms with Crippen LogP contribution in [0.5, 0.6) is 5.75 Å². The molecule has 1 saturated heterocycles. The molecule has 12 heteroatoms. The Morgan fingerprint density at radius 3 is 2.61 bits per heavy atom. The van der Waals surface area contributed by atoms with E-state index in [1.165, 1.54) is 18.1 Å². The van der Waals surface area contributed by atoms with E-state index in [4.69, 9.17) is 14.9 Å². The first-order valence-corrected chi connectivity index (χ1v) is 13.5. The Labute approximate surface area is 236 Å². The van der Waals surface area contributed by atoms with Gasteiger partial charge in [0.05, 0.1) is 29.6 Å². The van der Waals surface area contributed by atoms with Crippen LogP contribution in [0.1, 0.15) is 78.7 Å². The van der Waals surface area contributed by atoms with E-state index in [1.54, 1.807) is 24.3 Å². The molecular formula is C29H35F3N4O5. The van der Waals surface area contributed by atoms with Gasteiger partial charge >= 0.3 is 6.18 Å². The summed E-state index contributed by atoms with van der Waals surface area (Å²) in [5.41, 5.74) is -1.71. The largest absolute Gasteiger partial charge is 0.490 e. The molecule has 0 bridgehead atoms. The fourth-order valence-electron chi connectivity index (χ4n) is 5.48. The second-order valence-corrected chi connectivity index (χ2v) is 10.4. The van der Waals surface area contributed by atoms with Crippen molar-refractivity contribution in [1.29, 1.82) is 5.41 Å². The Hall–Kier alpha value is -3.64. The smallest absolute Gasteiger partial charge is 0.417 e. The zero-order valence-corrected chi connectivity index (χ0v) is 23.2. The lowest BCUT2D eigenvalue weighted by atomic mass is 9.85. The highest BCUT2D eigenvalue weighted by molar-refractivity contribution is 6.00. The van der Waals surface area contributed by atoms with Gasteiger partial charge in [0, 0.05) is 24.8 Å². The minimum Gasteiger partial charge on any atom is -0.490 e. The van der Waals surface area contributed by atoms with Crippen LogP contribution in [-0.2, 0) is 15.7 Å². The number of benzene rings is 2. The quantitative estimate of drug-likeness (QED) is 0.353. The standard InChI is InChI=1S/C29H35F3N4O5/c1-4-28(5-2)15-24(38)36(27(33)35-28)21(12-13-40-3)17-10-11-20(29(30,31)32)19(14-17)26(39)34-25-18-8-6-7-9-23(18)41-16-22(25)37/h6-11,14,21-22,25,37H,4-5,12-13,15-16H2,1-3H3,(H2,33,35)(H,34,39)/t21?,22-,25-/m1/s1. The van der Waals surface area contributed by atoms with Crippen LogP contribution in [0.2, 0.25) is 0 Å². The second-order valence-electron chi connectivity index (χ2n) is 10.4. The number of halogens is 3. The van der Waals surface area contributed by atoms with Gasteiger partial charge in [-0.15, -0.1) is 0 Å². The van der Waals surface area contributed by atoms with Crippen LogP contribution in [-0.4, -0.2) is 59.7 Å². The van der Waals surface area contributed by atoms with E-state index in [2.05, 4.69) is 10.6 Å². The number of hydrogen-bond acceptors (Lipinski definition) is 6. The monoisotopic (exact) mass is 576 g/mol. The lowest BCUT2D eigenvalue weighted by Gasteiger charge is -2.45. The Morgan fingerprint density at radius 2 is 1.98 bits per heavy atom. The van der Waals surface area contributed by atoms with Crippen molar-refractivity contribution in [2.24, 2.45) is 0 Å². The molecule has 2 amide bonds. The van der Waals surface area contributed by atoms with Gasteiger partial charge in [-0.05, 0) is 43.0 Å². The molecule has 41 heavy (non-hydrogen) atoms. The number of aliphatic hydroxyl groups is 1. The Kier molecular flexibility index (Phi) is 8.93. The molecule has 2 aromatic carbocycles. The van der Waals surface area contributed by atoms with Gasteiger partial charge in [0.25, 0.3) is 5.91 Å². The average molecular weight is 577 g/mol. The van der Waals surface area contributed by atoms with Crippen LogP contribution < -0.4 is 15.4 Å². The van der Waals surface area contributed by atoms with E-state index >= 15 is 0 Å². The van der Waals surface area contributed by atoms with Gasteiger partial charge in [0.1, 0.15) is 18.5 Å². The van der Waals surface area contributed by atoms with Gasteiger partial charge in [-0.25, -0.2) is 0 Å². The molecule has 2 heterocycles. The first-order valence-electron chi connectivity index (χ1n) is 13.5. The van der Waals surface area contributed by atoms with Crippen LogP contribution >= 0.6 is 0 Å². The predicted octanol–water partition coefficient (Wildman–Crippen LogP) is 4.32. The number of carbonyl (C=O) groups excluding carboxylic acids is 2. The van der Waals surface area contributed by atoms with Crippen LogP contribution in [0.25, 0.3) is 0 Å². The number of aliphatic hydroxyl groups excluding tert-OH is 1. The van der Waals surface area contributed by atoms with Gasteiger partial charge in [-0.3, -0.25) is 19.9 Å². The van der Waals surface area contributed by atoms with Gasteiger partial charge in [-0.2, -0.15) is 13.2 Å². The maximum absolute atomic E-state index is 14.1. The van der Waals surface area contributed by atoms with E-state index in [9.17, 15) is 27.9 Å². The van der Waals surface area contributed by atoms with Crippen LogP contribution in [0.15, 0.2) is 42.5 Å². The van der Waals surface area contributed by atoms with Gasteiger partial charge in [0.15, 0.2) is 5.96 Å². The Morgan fingerprint density at radius 1 is 1.27 bits per heavy atom. The number of alkyl halides is 3. The van der Waals surface area contributed by atoms with Crippen molar-refractivity contribution in [3.8, 4) is 5.75 Å². The SMILES string of the molecule is CCC1(CC)CC(=O)N(C(CCOC)c2ccc(C(F)(F)F)c(C(=O)N[C@@H]3c4ccccc4OC[C@H]3O)c2)C(=N)N1. The van der Waals surface area contributed by atoms with E-state index in [0.717, 1.165) is 12.1 Å². The third-order valence-corrected chi connectivity index (χ3v) is 7.96. The molecule has 2 aliphatic heterocycles. The lowest BCUT2D eigenvalue weighted by Crippen LogP contribution is -2.62. The number of methoxy groups -OCH3 is 1. The van der Waals surface area contributed by atoms with E-state index < -0.39 is 46.9 Å². The molecule has 2 aliphatic rings. The lowest BCUT2D eigenvalue weighted by molar-refractivity contribution is -0.138. The molecule has 1 fully saturated rings. The fourth-order valence-corrected chi connectivity index (χ4v) is 5.48. The fraction of sp³-hybridized carbons (Fsp3) is 0.483. The molecule has 0 aliphatic carbocycles. The number of nitrogens with zero attached hydrogens (tertiary/aromatic N) is 1. The summed E-state index contributed by atoms with van der Waals surface area (Å²) in [6.45, 7) is 3.85. The van der Waals surface area contributed by atoms with Crippen LogP contribution in [0.4, 0.5) is 13.2 Å². The molecule has 222 valence electrons. The molecule has 4 rings (SSSR count). The summed E-state index contributed by atoms with van der Waals surface area (Å²) in [6.07, 6.45) is -4.52. The average Bonchev–Trinajstić information content (AvgIpc) is 2.95. The molecule has 3 atom stereocenters. The molecular weight excluding hydrogens is 541 g/mol. The highest BCUT2D eigenvalue weighted by Crippen LogP contribution is 2.38. The highest BCUT2D eigenvalue weighted by Gasteiger charge is 2.43. The number of amides is 2. The van der Waals surface area contributed by atoms with Gasteiger partial charge in [-0.1, -0.05) is 38.1 Å². The summed E-state index contributed by atoms with van der Waals surface area (Å²) in [7, 11) is 1.46. The number of carbonyl (C=O) groups is 2. The molecule has 9 nitrogen and oxygen atoms in total. The number of guanidine groups is 1. The molecule has 0 aromatic heterocycles. The molecule has 2 aromatic rings. The van der Waals surface area contributed by atoms with Crippen LogP contribution in [0, 0.1) is 5.41 Å². The molecule has 4 N–H and O–H groups in total. The van der Waals surface area contributed by atoms with Crippen molar-refractivity contribution < 1.29 is 37.3 Å². The first kappa shape index (κ1) is 30.3. The predicted molar refractivity (Wildman–Crippen MR) is 144 cm³/mol. The molecule has 0 saturated carbocycles. The Balaban J connectivity index is 1.73. The van der Waals surface area contributed by atoms with Crippen molar-refractivity contribution in [2.75, 3.05) is 20.3 Å². The number of ether oxygens (including phenoxy) is 2. The summed E-state index contributed by atoms with van der Waals surface area (Å²) in [5.74, 6) is -1.12. The number of nitrogens with one attached hydrogen (secondary N) is 3. The maximum atomic E-state index is 14.1. The van der Waals surface area contributed by atoms with Gasteiger partial charge in [0.2, 0.25) is 5.91 Å². The Bertz CT molecular complexity index is 1280. The normalized spacial score (nSPS) is 21.0. The number of para-hydroxylation sites is 1. The summed E-state index contributed by atoms with van der Waals surface area (Å²) < 4.78 is 53.0. The van der Waals surface area contributed by atoms with E-state index in [1.807, 2.05) is 13.8 Å². The minimum atomic E-state index is -4.85. The molecule has 1 unspecified atom stereocenters. The first-order chi connectivity index (χ1) is 19.4. The van der Waals surface area contributed by atoms with Crippen molar-refractivity contribution in [3.05, 3.63) is 64.7 Å². The van der Waals surface area contributed by atoms with Crippen molar-refractivity contribution in [2.45, 2.75) is 69.4 Å². The number of fused-ring (bicyclic) bond motifs is 1. The van der Waals surface area contributed by atoms with E-state index in [0.29, 0.717) is 24.2 Å². The third kappa shape index (κ3) is 6.18. The molecule has 0 spiro atoms. The summed E-state index contributed by atoms with van der Waals surface area (Å²) in [6, 6.07) is 7.93. The van der Waals surface area contributed by atoms with E-state index in [-0.39, 0.29) is 43.5 Å². The third-order valence-electron chi connectivity index (χ3n) is 7.96.